The van der Waals surface area contributed by atoms with Gasteiger partial charge in [0.15, 0.2) is 0 Å². The van der Waals surface area contributed by atoms with Crippen molar-refractivity contribution in [2.75, 3.05) is 23.5 Å². The number of rotatable bonds is 2. The van der Waals surface area contributed by atoms with Crippen LogP contribution in [0.5, 0.6) is 0 Å². The van der Waals surface area contributed by atoms with E-state index in [1.165, 1.54) is 11.4 Å². The normalized spacial score (nSPS) is 11.9. The van der Waals surface area contributed by atoms with E-state index in [9.17, 15) is 0 Å². The molecule has 0 atom stereocenters. The van der Waals surface area contributed by atoms with Gasteiger partial charge in [-0.05, 0) is 30.0 Å². The van der Waals surface area contributed by atoms with Gasteiger partial charge in [-0.2, -0.15) is 47.6 Å². The molecule has 7 rings (SSSR count). The predicted octanol–water partition coefficient (Wildman–Crippen LogP) is 7.05. The molecule has 5 nitrogen and oxygen atoms in total. The molecular formula is C30H25IrN4O-. The SMILES string of the molecule is CN1CN(c2[c-]cccc2)c2ccccc21.[CH3+].[Ir].[c-]1ccc2c(oc3ccccc32)c1-n1cccn1. The largest absolute Gasteiger partial charge is 0.513 e. The smallest absolute Gasteiger partial charge is 0.116 e. The molecular weight excluding hydrogens is 625 g/mol. The molecule has 6 aromatic rings. The van der Waals surface area contributed by atoms with Crippen molar-refractivity contribution >= 4 is 39.0 Å². The Balaban J connectivity index is 0.000000161. The average Bonchev–Trinajstić information content (AvgIpc) is 3.63. The van der Waals surface area contributed by atoms with E-state index in [-0.39, 0.29) is 27.5 Å². The van der Waals surface area contributed by atoms with E-state index < -0.39 is 0 Å². The fourth-order valence-electron chi connectivity index (χ4n) is 4.38. The number of para-hydroxylation sites is 4. The van der Waals surface area contributed by atoms with Crippen molar-refractivity contribution in [2.45, 2.75) is 0 Å². The molecule has 1 aliphatic rings. The molecule has 3 heterocycles. The maximum atomic E-state index is 5.92. The second-order valence-corrected chi connectivity index (χ2v) is 8.12. The molecule has 36 heavy (non-hydrogen) atoms. The van der Waals surface area contributed by atoms with Gasteiger partial charge in [-0.25, -0.2) is 0 Å². The number of benzene rings is 4. The predicted molar refractivity (Wildman–Crippen MR) is 143 cm³/mol. The van der Waals surface area contributed by atoms with Crippen LogP contribution in [0.2, 0.25) is 0 Å². The number of nitrogens with zero attached hydrogens (tertiary/aromatic N) is 4. The van der Waals surface area contributed by atoms with E-state index in [0.29, 0.717) is 0 Å². The summed E-state index contributed by atoms with van der Waals surface area (Å²) in [6, 6.07) is 36.8. The van der Waals surface area contributed by atoms with Crippen molar-refractivity contribution < 1.29 is 24.5 Å². The van der Waals surface area contributed by atoms with Crippen molar-refractivity contribution in [1.29, 1.82) is 0 Å². The molecule has 0 fully saturated rings. The van der Waals surface area contributed by atoms with E-state index in [0.717, 1.165) is 40.0 Å². The molecule has 0 N–H and O–H groups in total. The van der Waals surface area contributed by atoms with E-state index in [2.05, 4.69) is 70.5 Å². The van der Waals surface area contributed by atoms with Gasteiger partial charge in [-0.3, -0.25) is 4.68 Å². The van der Waals surface area contributed by atoms with Crippen LogP contribution < -0.4 is 9.80 Å². The zero-order valence-electron chi connectivity index (χ0n) is 20.1. The summed E-state index contributed by atoms with van der Waals surface area (Å²) in [5, 5.41) is 6.44. The number of hydrogen-bond acceptors (Lipinski definition) is 4. The average molecular weight is 650 g/mol. The standard InChI is InChI=1S/C15H9N2O.C14H13N2.CH3.Ir/c1-2-8-14-11(5-1)12-6-3-7-13(15(12)18-14)17-10-4-9-16-17;1-15-11-16(12-7-3-2-4-8-12)14-10-6-5-9-13(14)15;;/h1-6,8-10H;2-7,9-10H,11H2,1H3;1H3;/q2*-1;+1;. The van der Waals surface area contributed by atoms with Gasteiger partial charge in [-0.1, -0.05) is 41.4 Å². The van der Waals surface area contributed by atoms with Crippen LogP contribution in [0.15, 0.2) is 108 Å². The Bertz CT molecular complexity index is 1560. The van der Waals surface area contributed by atoms with Crippen molar-refractivity contribution in [1.82, 2.24) is 9.78 Å². The van der Waals surface area contributed by atoms with Gasteiger partial charge in [0.05, 0.1) is 18.0 Å². The van der Waals surface area contributed by atoms with Gasteiger partial charge in [0.2, 0.25) is 0 Å². The summed E-state index contributed by atoms with van der Waals surface area (Å²) in [6.07, 6.45) is 3.63. The van der Waals surface area contributed by atoms with Gasteiger partial charge in [0.25, 0.3) is 0 Å². The Morgan fingerprint density at radius 3 is 2.36 bits per heavy atom. The number of anilines is 3. The Morgan fingerprint density at radius 2 is 1.58 bits per heavy atom. The van der Waals surface area contributed by atoms with Crippen LogP contribution in [-0.4, -0.2) is 23.5 Å². The topological polar surface area (TPSA) is 37.4 Å². The summed E-state index contributed by atoms with van der Waals surface area (Å²) in [5.41, 5.74) is 6.21. The molecule has 1 radical (unpaired) electrons. The fraction of sp³-hybridized carbons (Fsp3) is 0.0667. The van der Waals surface area contributed by atoms with Crippen LogP contribution in [0.25, 0.3) is 27.6 Å². The number of fused-ring (bicyclic) bond motifs is 4. The minimum absolute atomic E-state index is 0. The van der Waals surface area contributed by atoms with Gasteiger partial charge < -0.3 is 14.2 Å². The van der Waals surface area contributed by atoms with Crippen LogP contribution in [0, 0.1) is 19.6 Å². The number of aromatic nitrogens is 2. The maximum Gasteiger partial charge on any atom is 0.116 e. The van der Waals surface area contributed by atoms with E-state index >= 15 is 0 Å². The Hall–Kier alpha value is -3.99. The molecule has 0 aliphatic carbocycles. The first kappa shape index (κ1) is 25.1. The zero-order chi connectivity index (χ0) is 22.9. The van der Waals surface area contributed by atoms with Crippen molar-refractivity contribution in [3.8, 4) is 5.69 Å². The Labute approximate surface area is 224 Å². The van der Waals surface area contributed by atoms with Crippen LogP contribution in [-0.2, 0) is 20.1 Å². The zero-order valence-corrected chi connectivity index (χ0v) is 22.4. The molecule has 1 aliphatic heterocycles. The molecule has 4 aromatic carbocycles. The third kappa shape index (κ3) is 4.49. The molecule has 0 amide bonds. The fourth-order valence-corrected chi connectivity index (χ4v) is 4.38. The summed E-state index contributed by atoms with van der Waals surface area (Å²) < 4.78 is 7.68. The molecule has 0 saturated carbocycles. The molecule has 0 unspecified atom stereocenters. The summed E-state index contributed by atoms with van der Waals surface area (Å²) in [7, 11) is 2.11. The van der Waals surface area contributed by atoms with Gasteiger partial charge in [0, 0.05) is 57.9 Å². The Kier molecular flexibility index (Phi) is 7.49. The number of hydrogen-bond donors (Lipinski definition) is 0. The minimum Gasteiger partial charge on any atom is -0.513 e. The van der Waals surface area contributed by atoms with Crippen LogP contribution in [0.4, 0.5) is 17.1 Å². The third-order valence-electron chi connectivity index (χ3n) is 5.97. The second kappa shape index (κ2) is 10.7. The summed E-state index contributed by atoms with van der Waals surface area (Å²) in [5.74, 6) is 0. The molecule has 181 valence electrons. The Morgan fingerprint density at radius 1 is 0.806 bits per heavy atom. The van der Waals surface area contributed by atoms with Crippen molar-refractivity contribution in [3.63, 3.8) is 0 Å². The van der Waals surface area contributed by atoms with Crippen LogP contribution >= 0.6 is 0 Å². The quantitative estimate of drug-likeness (QED) is 0.189. The van der Waals surface area contributed by atoms with Crippen molar-refractivity contribution in [3.05, 3.63) is 123 Å². The van der Waals surface area contributed by atoms with E-state index in [1.807, 2.05) is 60.8 Å². The molecule has 2 aromatic heterocycles. The first-order valence-corrected chi connectivity index (χ1v) is 11.2. The van der Waals surface area contributed by atoms with Gasteiger partial charge >= 0.3 is 0 Å². The van der Waals surface area contributed by atoms with E-state index in [4.69, 9.17) is 4.42 Å². The summed E-state index contributed by atoms with van der Waals surface area (Å²) >= 11 is 0. The first-order valence-electron chi connectivity index (χ1n) is 11.2. The van der Waals surface area contributed by atoms with Gasteiger partial charge in [-0.15, -0.1) is 6.07 Å². The second-order valence-electron chi connectivity index (χ2n) is 8.12. The molecule has 0 spiro atoms. The first-order chi connectivity index (χ1) is 16.8. The van der Waals surface area contributed by atoms with Crippen molar-refractivity contribution in [2.24, 2.45) is 0 Å². The summed E-state index contributed by atoms with van der Waals surface area (Å²) in [4.78, 5) is 4.52. The van der Waals surface area contributed by atoms with Crippen LogP contribution in [0.3, 0.4) is 0 Å². The summed E-state index contributed by atoms with van der Waals surface area (Å²) in [6.45, 7) is 0.889. The molecule has 6 heteroatoms. The number of furan rings is 1. The third-order valence-corrected chi connectivity index (χ3v) is 5.97. The monoisotopic (exact) mass is 650 g/mol. The van der Waals surface area contributed by atoms with E-state index in [1.54, 1.807) is 10.9 Å². The van der Waals surface area contributed by atoms with Crippen LogP contribution in [0.1, 0.15) is 0 Å². The maximum absolute atomic E-state index is 5.92. The molecule has 0 bridgehead atoms. The minimum atomic E-state index is 0. The van der Waals surface area contributed by atoms with Gasteiger partial charge in [0.1, 0.15) is 5.58 Å². The molecule has 0 saturated heterocycles.